The van der Waals surface area contributed by atoms with Gasteiger partial charge in [0.25, 0.3) is 5.91 Å². The maximum atomic E-state index is 13.7. The first-order valence-corrected chi connectivity index (χ1v) is 14.1. The molecule has 3 aromatic heterocycles. The Labute approximate surface area is 256 Å². The van der Waals surface area contributed by atoms with Crippen molar-refractivity contribution in [3.05, 3.63) is 111 Å². The number of rotatable bonds is 7. The van der Waals surface area contributed by atoms with Crippen molar-refractivity contribution in [1.82, 2.24) is 39.6 Å². The molecule has 0 unspecified atom stereocenters. The van der Waals surface area contributed by atoms with Gasteiger partial charge in [0, 0.05) is 42.3 Å². The minimum absolute atomic E-state index is 0.0713. The van der Waals surface area contributed by atoms with Crippen LogP contribution in [0.1, 0.15) is 21.6 Å². The zero-order valence-electron chi connectivity index (χ0n) is 22.1. The highest BCUT2D eigenvalue weighted by Gasteiger charge is 2.31. The third-order valence-corrected chi connectivity index (χ3v) is 7.62. The first-order valence-electron chi connectivity index (χ1n) is 13.0. The number of halogens is 3. The van der Waals surface area contributed by atoms with Crippen LogP contribution in [0.5, 0.6) is 0 Å². The van der Waals surface area contributed by atoms with Crippen LogP contribution in [0.25, 0.3) is 16.9 Å². The quantitative estimate of drug-likeness (QED) is 0.253. The highest BCUT2D eigenvalue weighted by atomic mass is 35.5. The van der Waals surface area contributed by atoms with Crippen LogP contribution in [0, 0.1) is 0 Å². The lowest BCUT2D eigenvalue weighted by Crippen LogP contribution is -2.51. The second-order valence-corrected chi connectivity index (χ2v) is 11.0. The molecule has 42 heavy (non-hydrogen) atoms. The van der Waals surface area contributed by atoms with Crippen molar-refractivity contribution >= 4 is 46.6 Å². The molecule has 0 spiro atoms. The fraction of sp³-hybridized carbons (Fsp3) is 0.172. The normalized spacial score (nSPS) is 13.5. The van der Waals surface area contributed by atoms with Crippen LogP contribution in [-0.2, 0) is 17.9 Å². The summed E-state index contributed by atoms with van der Waals surface area (Å²) in [6, 6.07) is 16.7. The zero-order valence-corrected chi connectivity index (χ0v) is 24.3. The molecule has 2 amide bonds. The molecule has 6 rings (SSSR count). The number of carbonyl (C=O) groups excluding carboxylic acids is 2. The Bertz CT molecular complexity index is 1730. The van der Waals surface area contributed by atoms with E-state index < -0.39 is 0 Å². The average Bonchev–Trinajstić information content (AvgIpc) is 3.61. The Kier molecular flexibility index (Phi) is 7.92. The van der Waals surface area contributed by atoms with E-state index in [0.29, 0.717) is 57.3 Å². The number of carbonyl (C=O) groups is 2. The van der Waals surface area contributed by atoms with Crippen LogP contribution in [0.4, 0.5) is 0 Å². The predicted octanol–water partition coefficient (Wildman–Crippen LogP) is 5.02. The lowest BCUT2D eigenvalue weighted by Gasteiger charge is -2.33. The Morgan fingerprint density at radius 1 is 0.929 bits per heavy atom. The SMILES string of the molecule is O=C1CN(C(=O)c2cn(Cc3ccccc3)nc2-c2cccnc2)CCN1Cc1cn(-c2c(Cl)cc(Cl)cc2Cl)nn1. The lowest BCUT2D eigenvalue weighted by atomic mass is 10.1. The molecular formula is C29H23Cl3N8O2. The molecular weight excluding hydrogens is 599 g/mol. The summed E-state index contributed by atoms with van der Waals surface area (Å²) >= 11 is 18.6. The highest BCUT2D eigenvalue weighted by Crippen LogP contribution is 2.32. The molecule has 0 radical (unpaired) electrons. The fourth-order valence-corrected chi connectivity index (χ4v) is 5.78. The number of amides is 2. The Morgan fingerprint density at radius 2 is 1.71 bits per heavy atom. The molecule has 0 saturated carbocycles. The average molecular weight is 622 g/mol. The third-order valence-electron chi connectivity index (χ3n) is 6.82. The van der Waals surface area contributed by atoms with Gasteiger partial charge >= 0.3 is 0 Å². The van der Waals surface area contributed by atoms with Gasteiger partial charge in [0.05, 0.1) is 34.9 Å². The summed E-state index contributed by atoms with van der Waals surface area (Å²) in [6.07, 6.45) is 6.74. The molecule has 1 saturated heterocycles. The fourth-order valence-electron chi connectivity index (χ4n) is 4.79. The van der Waals surface area contributed by atoms with E-state index in [9.17, 15) is 9.59 Å². The van der Waals surface area contributed by atoms with Crippen molar-refractivity contribution in [1.29, 1.82) is 0 Å². The molecule has 0 N–H and O–H groups in total. The molecule has 13 heteroatoms. The van der Waals surface area contributed by atoms with Crippen LogP contribution in [-0.4, -0.2) is 71.0 Å². The summed E-state index contributed by atoms with van der Waals surface area (Å²) in [7, 11) is 0. The first-order chi connectivity index (χ1) is 20.4. The van der Waals surface area contributed by atoms with E-state index >= 15 is 0 Å². The number of pyridine rings is 1. The molecule has 5 aromatic rings. The van der Waals surface area contributed by atoms with Gasteiger partial charge < -0.3 is 9.80 Å². The van der Waals surface area contributed by atoms with Gasteiger partial charge in [-0.15, -0.1) is 5.10 Å². The summed E-state index contributed by atoms with van der Waals surface area (Å²) in [5, 5.41) is 14.1. The molecule has 212 valence electrons. The standard InChI is InChI=1S/C29H23Cl3N8O2/c30-21-11-24(31)28(25(32)12-21)40-16-22(34-36-40)15-37-9-10-38(18-26(37)41)29(42)23-17-39(14-19-5-2-1-3-6-19)35-27(23)20-7-4-8-33-13-20/h1-8,11-13,16-17H,9-10,14-15,18H2. The van der Waals surface area contributed by atoms with E-state index in [1.54, 1.807) is 57.5 Å². The minimum atomic E-state index is -0.265. The van der Waals surface area contributed by atoms with Gasteiger partial charge in [-0.2, -0.15) is 5.10 Å². The molecule has 1 aliphatic rings. The molecule has 0 bridgehead atoms. The van der Waals surface area contributed by atoms with Gasteiger partial charge in [-0.25, -0.2) is 4.68 Å². The Hall–Kier alpha value is -4.25. The van der Waals surface area contributed by atoms with Gasteiger partial charge in [-0.05, 0) is 29.8 Å². The summed E-state index contributed by atoms with van der Waals surface area (Å²) < 4.78 is 3.19. The van der Waals surface area contributed by atoms with Crippen LogP contribution in [0.15, 0.2) is 79.4 Å². The number of aromatic nitrogens is 6. The lowest BCUT2D eigenvalue weighted by molar-refractivity contribution is -0.135. The highest BCUT2D eigenvalue weighted by molar-refractivity contribution is 6.40. The van der Waals surface area contributed by atoms with Crippen molar-refractivity contribution in [3.63, 3.8) is 0 Å². The minimum Gasteiger partial charge on any atom is -0.333 e. The summed E-state index contributed by atoms with van der Waals surface area (Å²) in [4.78, 5) is 34.3. The van der Waals surface area contributed by atoms with Crippen molar-refractivity contribution in [2.45, 2.75) is 13.1 Å². The van der Waals surface area contributed by atoms with Crippen molar-refractivity contribution in [2.75, 3.05) is 19.6 Å². The van der Waals surface area contributed by atoms with E-state index in [4.69, 9.17) is 39.9 Å². The van der Waals surface area contributed by atoms with Gasteiger partial charge in [0.15, 0.2) is 0 Å². The van der Waals surface area contributed by atoms with Gasteiger partial charge in [0.2, 0.25) is 5.91 Å². The largest absolute Gasteiger partial charge is 0.333 e. The van der Waals surface area contributed by atoms with E-state index in [0.717, 1.165) is 11.1 Å². The van der Waals surface area contributed by atoms with Crippen LogP contribution < -0.4 is 0 Å². The van der Waals surface area contributed by atoms with Gasteiger partial charge in [-0.1, -0.05) is 70.3 Å². The third kappa shape index (κ3) is 5.87. The summed E-state index contributed by atoms with van der Waals surface area (Å²) in [5.41, 5.74) is 3.71. The number of benzene rings is 2. The Balaban J connectivity index is 1.17. The van der Waals surface area contributed by atoms with Gasteiger partial charge in [0.1, 0.15) is 23.6 Å². The maximum absolute atomic E-state index is 13.7. The van der Waals surface area contributed by atoms with E-state index in [1.807, 2.05) is 36.4 Å². The van der Waals surface area contributed by atoms with Crippen molar-refractivity contribution in [2.24, 2.45) is 0 Å². The molecule has 2 aromatic carbocycles. The van der Waals surface area contributed by atoms with Crippen LogP contribution in [0.2, 0.25) is 15.1 Å². The first kappa shape index (κ1) is 27.9. The van der Waals surface area contributed by atoms with E-state index in [-0.39, 0.29) is 24.9 Å². The molecule has 4 heterocycles. The van der Waals surface area contributed by atoms with Gasteiger partial charge in [-0.3, -0.25) is 19.3 Å². The molecule has 0 atom stereocenters. The number of piperazine rings is 1. The Morgan fingerprint density at radius 3 is 2.43 bits per heavy atom. The van der Waals surface area contributed by atoms with Crippen LogP contribution in [0.3, 0.4) is 0 Å². The summed E-state index contributed by atoms with van der Waals surface area (Å²) in [6.45, 7) is 1.34. The predicted molar refractivity (Wildman–Crippen MR) is 159 cm³/mol. The second kappa shape index (κ2) is 11.9. The second-order valence-electron chi connectivity index (χ2n) is 9.73. The summed E-state index contributed by atoms with van der Waals surface area (Å²) in [5.74, 6) is -0.467. The topological polar surface area (TPSA) is 102 Å². The molecule has 0 aliphatic carbocycles. The van der Waals surface area contributed by atoms with Crippen LogP contribution >= 0.6 is 34.8 Å². The number of hydrogen-bond donors (Lipinski definition) is 0. The van der Waals surface area contributed by atoms with Crippen molar-refractivity contribution < 1.29 is 9.59 Å². The maximum Gasteiger partial charge on any atom is 0.258 e. The number of hydrogen-bond acceptors (Lipinski definition) is 6. The molecule has 10 nitrogen and oxygen atoms in total. The molecule has 1 fully saturated rings. The monoisotopic (exact) mass is 620 g/mol. The zero-order chi connectivity index (χ0) is 29.2. The molecule has 1 aliphatic heterocycles. The van der Waals surface area contributed by atoms with E-state index in [1.165, 1.54) is 4.68 Å². The van der Waals surface area contributed by atoms with E-state index in [2.05, 4.69) is 15.3 Å². The smallest absolute Gasteiger partial charge is 0.258 e. The number of nitrogens with zero attached hydrogens (tertiary/aromatic N) is 8. The van der Waals surface area contributed by atoms with Crippen molar-refractivity contribution in [3.8, 4) is 16.9 Å².